The molecule has 0 fully saturated rings. The number of hydrogen-bond acceptors (Lipinski definition) is 6. The first-order valence-electron chi connectivity index (χ1n) is 9.90. The molecule has 1 aliphatic rings. The third-order valence-electron chi connectivity index (χ3n) is 5.15. The maximum absolute atomic E-state index is 13.4. The van der Waals surface area contributed by atoms with Crippen molar-refractivity contribution in [3.05, 3.63) is 64.9 Å². The normalized spacial score (nSPS) is 14.8. The molecule has 3 aromatic heterocycles. The number of aliphatic imine (C=N–C) groups is 1. The van der Waals surface area contributed by atoms with Crippen LogP contribution in [0.4, 0.5) is 9.52 Å². The van der Waals surface area contributed by atoms with Crippen molar-refractivity contribution in [1.82, 2.24) is 20.0 Å². The summed E-state index contributed by atoms with van der Waals surface area (Å²) in [6, 6.07) is 8.16. The molecule has 0 atom stereocenters. The van der Waals surface area contributed by atoms with Crippen LogP contribution in [-0.4, -0.2) is 39.1 Å². The third-order valence-corrected chi connectivity index (χ3v) is 6.35. The number of nitrogens with two attached hydrogens (primary N) is 1. The number of rotatable bonds is 3. The molecule has 0 saturated carbocycles. The molecule has 0 bridgehead atoms. The molecule has 4 heterocycles. The lowest BCUT2D eigenvalue weighted by Gasteiger charge is -2.27. The first kappa shape index (κ1) is 20.6. The fraction of sp³-hybridized carbons (Fsp3) is 0.182. The van der Waals surface area contributed by atoms with Crippen molar-refractivity contribution in [2.24, 2.45) is 10.7 Å². The molecule has 1 aliphatic heterocycles. The van der Waals surface area contributed by atoms with E-state index in [1.807, 2.05) is 30.0 Å². The van der Waals surface area contributed by atoms with Gasteiger partial charge in [-0.25, -0.2) is 9.37 Å². The van der Waals surface area contributed by atoms with E-state index in [2.05, 4.69) is 20.1 Å². The Morgan fingerprint density at radius 1 is 1.31 bits per heavy atom. The van der Waals surface area contributed by atoms with Crippen LogP contribution >= 0.6 is 22.9 Å². The van der Waals surface area contributed by atoms with Gasteiger partial charge in [0.25, 0.3) is 0 Å². The lowest BCUT2D eigenvalue weighted by atomic mass is 10.0. The van der Waals surface area contributed by atoms with Gasteiger partial charge in [-0.05, 0) is 43.2 Å². The monoisotopic (exact) mass is 468 g/mol. The Morgan fingerprint density at radius 3 is 2.91 bits per heavy atom. The summed E-state index contributed by atoms with van der Waals surface area (Å²) in [5, 5.41) is 5.07. The van der Waals surface area contributed by atoms with Crippen LogP contribution in [-0.2, 0) is 0 Å². The summed E-state index contributed by atoms with van der Waals surface area (Å²) in [6.07, 6.45) is 4.52. The quantitative estimate of drug-likeness (QED) is 0.329. The van der Waals surface area contributed by atoms with Gasteiger partial charge in [0, 0.05) is 30.9 Å². The third kappa shape index (κ3) is 4.09. The van der Waals surface area contributed by atoms with Crippen LogP contribution < -0.4 is 5.73 Å². The Bertz CT molecular complexity index is 1380. The van der Waals surface area contributed by atoms with E-state index in [1.165, 1.54) is 23.5 Å². The van der Waals surface area contributed by atoms with Crippen LogP contribution in [0.2, 0.25) is 5.02 Å². The molecule has 5 rings (SSSR count). The van der Waals surface area contributed by atoms with Crippen LogP contribution in [0.5, 0.6) is 0 Å². The minimum Gasteiger partial charge on any atom is -0.369 e. The van der Waals surface area contributed by atoms with Crippen LogP contribution in [0.25, 0.3) is 27.0 Å². The highest BCUT2D eigenvalue weighted by molar-refractivity contribution is 7.22. The lowest BCUT2D eigenvalue weighted by molar-refractivity contribution is 0.399. The van der Waals surface area contributed by atoms with Crippen molar-refractivity contribution in [1.29, 1.82) is 0 Å². The number of fused-ring (bicyclic) bond motifs is 1. The Labute approximate surface area is 192 Å². The van der Waals surface area contributed by atoms with Crippen LogP contribution in [0.15, 0.2) is 52.1 Å². The fourth-order valence-corrected chi connectivity index (χ4v) is 4.67. The summed E-state index contributed by atoms with van der Waals surface area (Å²) in [6.45, 7) is 3.08. The second-order valence-corrected chi connectivity index (χ2v) is 8.80. The van der Waals surface area contributed by atoms with Gasteiger partial charge in [0.05, 0.1) is 20.9 Å². The molecule has 0 aliphatic carbocycles. The first-order valence-corrected chi connectivity index (χ1v) is 11.1. The van der Waals surface area contributed by atoms with Gasteiger partial charge in [-0.3, -0.25) is 4.98 Å². The Kier molecular flexibility index (Phi) is 5.36. The average Bonchev–Trinajstić information content (AvgIpc) is 3.39. The molecule has 32 heavy (non-hydrogen) atoms. The van der Waals surface area contributed by atoms with Gasteiger partial charge < -0.3 is 15.2 Å². The molecule has 0 unspecified atom stereocenters. The zero-order chi connectivity index (χ0) is 22.2. The molecule has 0 saturated heterocycles. The summed E-state index contributed by atoms with van der Waals surface area (Å²) in [7, 11) is 0. The number of guanidine groups is 1. The molecular formula is C22H18ClFN6OS. The van der Waals surface area contributed by atoms with E-state index in [0.29, 0.717) is 40.4 Å². The van der Waals surface area contributed by atoms with Crippen molar-refractivity contribution in [2.75, 3.05) is 13.1 Å². The number of aryl methyl sites for hydroxylation is 1. The summed E-state index contributed by atoms with van der Waals surface area (Å²) in [4.78, 5) is 15.3. The van der Waals surface area contributed by atoms with E-state index >= 15 is 0 Å². The Balaban J connectivity index is 1.32. The molecule has 0 spiro atoms. The van der Waals surface area contributed by atoms with Gasteiger partial charge in [-0.15, -0.1) is 0 Å². The van der Waals surface area contributed by atoms with Gasteiger partial charge in [0.15, 0.2) is 5.96 Å². The highest BCUT2D eigenvalue weighted by atomic mass is 35.5. The number of thiazole rings is 1. The van der Waals surface area contributed by atoms with Gasteiger partial charge >= 0.3 is 0 Å². The fourth-order valence-electron chi connectivity index (χ4n) is 3.51. The van der Waals surface area contributed by atoms with Gasteiger partial charge in [-0.1, -0.05) is 34.2 Å². The van der Waals surface area contributed by atoms with Crippen molar-refractivity contribution in [3.63, 3.8) is 0 Å². The van der Waals surface area contributed by atoms with E-state index in [9.17, 15) is 4.39 Å². The second-order valence-electron chi connectivity index (χ2n) is 7.38. The van der Waals surface area contributed by atoms with E-state index in [0.717, 1.165) is 33.7 Å². The number of nitrogens with zero attached hydrogens (tertiary/aromatic N) is 5. The predicted molar refractivity (Wildman–Crippen MR) is 125 cm³/mol. The van der Waals surface area contributed by atoms with E-state index < -0.39 is 0 Å². The summed E-state index contributed by atoms with van der Waals surface area (Å²) < 4.78 is 19.3. The van der Waals surface area contributed by atoms with E-state index in [1.54, 1.807) is 12.3 Å². The minimum absolute atomic E-state index is 0.296. The van der Waals surface area contributed by atoms with Gasteiger partial charge in [-0.2, -0.15) is 4.99 Å². The van der Waals surface area contributed by atoms with Crippen molar-refractivity contribution in [3.8, 4) is 11.3 Å². The van der Waals surface area contributed by atoms with Crippen molar-refractivity contribution in [2.45, 2.75) is 13.3 Å². The SMILES string of the molecule is Cc1cc(-c2cnc(C3=CCN(/C(N)=N/c4nc5ccc(F)cc5s4)CC3)c(Cl)c2)no1. The van der Waals surface area contributed by atoms with E-state index in [-0.39, 0.29) is 5.82 Å². The first-order chi connectivity index (χ1) is 15.5. The molecule has 10 heteroatoms. The van der Waals surface area contributed by atoms with Crippen molar-refractivity contribution < 1.29 is 8.91 Å². The number of aromatic nitrogens is 3. The highest BCUT2D eigenvalue weighted by Crippen LogP contribution is 2.31. The minimum atomic E-state index is -0.296. The Hall–Kier alpha value is -3.30. The Morgan fingerprint density at radius 2 is 2.19 bits per heavy atom. The van der Waals surface area contributed by atoms with E-state index in [4.69, 9.17) is 21.9 Å². The smallest absolute Gasteiger partial charge is 0.213 e. The molecule has 0 amide bonds. The molecule has 162 valence electrons. The lowest BCUT2D eigenvalue weighted by Crippen LogP contribution is -2.39. The number of benzene rings is 1. The maximum atomic E-state index is 13.4. The predicted octanol–water partition coefficient (Wildman–Crippen LogP) is 5.18. The second kappa shape index (κ2) is 8.33. The van der Waals surface area contributed by atoms with Gasteiger partial charge in [0.2, 0.25) is 5.13 Å². The number of halogens is 2. The van der Waals surface area contributed by atoms with Crippen LogP contribution in [0.3, 0.4) is 0 Å². The van der Waals surface area contributed by atoms with Gasteiger partial charge in [0.1, 0.15) is 17.3 Å². The maximum Gasteiger partial charge on any atom is 0.213 e. The zero-order valence-corrected chi connectivity index (χ0v) is 18.6. The average molecular weight is 469 g/mol. The zero-order valence-electron chi connectivity index (χ0n) is 17.0. The number of hydrogen-bond donors (Lipinski definition) is 1. The summed E-state index contributed by atoms with van der Waals surface area (Å²) in [5.41, 5.74) is 10.2. The standard InChI is InChI=1S/C22H18ClFN6OS/c1-12-8-18(29-31-12)14-9-16(23)20(26-11-14)13-4-6-30(7-5-13)21(25)28-22-27-17-3-2-15(24)10-19(17)32-22/h2-4,8-11H,5-7H2,1H3,(H2,25,27,28). The number of pyridine rings is 1. The van der Waals surface area contributed by atoms with Crippen LogP contribution in [0, 0.1) is 12.7 Å². The molecule has 7 nitrogen and oxygen atoms in total. The largest absolute Gasteiger partial charge is 0.369 e. The highest BCUT2D eigenvalue weighted by Gasteiger charge is 2.19. The molecule has 1 aromatic carbocycles. The molecule has 2 N–H and O–H groups in total. The topological polar surface area (TPSA) is 93.4 Å². The molecule has 4 aromatic rings. The summed E-state index contributed by atoms with van der Waals surface area (Å²) >= 11 is 7.82. The van der Waals surface area contributed by atoms with Crippen molar-refractivity contribution >= 4 is 49.8 Å². The molecular weight excluding hydrogens is 451 g/mol. The molecule has 0 radical (unpaired) electrons. The summed E-state index contributed by atoms with van der Waals surface area (Å²) in [5.74, 6) is 0.804. The van der Waals surface area contributed by atoms with Crippen LogP contribution in [0.1, 0.15) is 17.9 Å².